The van der Waals surface area contributed by atoms with E-state index in [1.807, 2.05) is 12.3 Å². The van der Waals surface area contributed by atoms with Gasteiger partial charge in [0.25, 0.3) is 5.91 Å². The summed E-state index contributed by atoms with van der Waals surface area (Å²) in [6, 6.07) is 5.66. The molecule has 22 heavy (non-hydrogen) atoms. The highest BCUT2D eigenvalue weighted by molar-refractivity contribution is 14.1. The molecule has 2 aromatic rings. The Hall–Kier alpha value is -1.28. The van der Waals surface area contributed by atoms with Crippen LogP contribution in [0.2, 0.25) is 0 Å². The first kappa shape index (κ1) is 17.1. The smallest absolute Gasteiger partial charge is 0.252 e. The molecular weight excluding hydrogens is 413 g/mol. The van der Waals surface area contributed by atoms with Gasteiger partial charge in [-0.25, -0.2) is 0 Å². The van der Waals surface area contributed by atoms with E-state index in [9.17, 15) is 4.79 Å². The Morgan fingerprint density at radius 1 is 1.32 bits per heavy atom. The average molecular weight is 431 g/mol. The number of hydrogen-bond acceptors (Lipinski definition) is 4. The summed E-state index contributed by atoms with van der Waals surface area (Å²) in [5.74, 6) is 1.07. The molecule has 6 heteroatoms. The van der Waals surface area contributed by atoms with Crippen LogP contribution in [0.25, 0.3) is 0 Å². The second-order valence-electron chi connectivity index (χ2n) is 4.90. The van der Waals surface area contributed by atoms with Gasteiger partial charge in [0.1, 0.15) is 0 Å². The maximum absolute atomic E-state index is 12.5. The Kier molecular flexibility index (Phi) is 6.07. The number of amides is 1. The first-order chi connectivity index (χ1) is 10.5. The molecule has 0 saturated carbocycles. The highest BCUT2D eigenvalue weighted by Gasteiger charge is 2.17. The number of methoxy groups -OCH3 is 2. The largest absolute Gasteiger partial charge is 0.493 e. The Balaban J connectivity index is 2.11. The van der Waals surface area contributed by atoms with Gasteiger partial charge in [-0.1, -0.05) is 0 Å². The summed E-state index contributed by atoms with van der Waals surface area (Å²) in [4.78, 5) is 12.5. The van der Waals surface area contributed by atoms with Crippen LogP contribution < -0.4 is 14.8 Å². The number of halogens is 1. The normalized spacial score (nSPS) is 11.8. The van der Waals surface area contributed by atoms with Crippen molar-refractivity contribution in [1.82, 2.24) is 5.32 Å². The van der Waals surface area contributed by atoms with Crippen LogP contribution in [0.1, 0.15) is 22.8 Å². The van der Waals surface area contributed by atoms with Crippen molar-refractivity contribution < 1.29 is 14.3 Å². The third-order valence-corrected chi connectivity index (χ3v) is 4.84. The lowest BCUT2D eigenvalue weighted by Gasteiger charge is -2.15. The number of thiophene rings is 1. The molecule has 0 bridgehead atoms. The van der Waals surface area contributed by atoms with Gasteiger partial charge in [-0.05, 0) is 70.5 Å². The lowest BCUT2D eigenvalue weighted by atomic mass is 10.1. The first-order valence-corrected chi connectivity index (χ1v) is 8.80. The Morgan fingerprint density at radius 3 is 2.59 bits per heavy atom. The molecule has 1 atom stereocenters. The number of benzene rings is 1. The molecule has 0 aliphatic heterocycles. The number of rotatable bonds is 6. The topological polar surface area (TPSA) is 47.6 Å². The number of carbonyl (C=O) groups is 1. The van der Waals surface area contributed by atoms with Gasteiger partial charge in [0, 0.05) is 9.61 Å². The molecule has 118 valence electrons. The van der Waals surface area contributed by atoms with Gasteiger partial charge in [0.15, 0.2) is 11.5 Å². The minimum absolute atomic E-state index is 0.0611. The second-order valence-corrected chi connectivity index (χ2v) is 6.84. The van der Waals surface area contributed by atoms with Crippen LogP contribution in [-0.4, -0.2) is 26.2 Å². The molecule has 2 rings (SSSR count). The van der Waals surface area contributed by atoms with E-state index in [4.69, 9.17) is 9.47 Å². The molecule has 0 fully saturated rings. The average Bonchev–Trinajstić information content (AvgIpc) is 2.99. The van der Waals surface area contributed by atoms with E-state index in [0.717, 1.165) is 9.99 Å². The summed E-state index contributed by atoms with van der Waals surface area (Å²) >= 11 is 3.80. The van der Waals surface area contributed by atoms with Crippen LogP contribution in [-0.2, 0) is 6.42 Å². The summed E-state index contributed by atoms with van der Waals surface area (Å²) < 4.78 is 11.3. The zero-order chi connectivity index (χ0) is 16.1. The van der Waals surface area contributed by atoms with Crippen LogP contribution in [0.4, 0.5) is 0 Å². The van der Waals surface area contributed by atoms with Crippen LogP contribution in [0.5, 0.6) is 11.5 Å². The van der Waals surface area contributed by atoms with Crippen molar-refractivity contribution in [2.24, 2.45) is 0 Å². The standard InChI is InChI=1S/C16H18INO3S/c1-10(6-11-4-5-22-9-11)18-16(19)12-7-14(20-2)15(21-3)8-13(12)17/h4-5,7-10H,6H2,1-3H3,(H,18,19). The van der Waals surface area contributed by atoms with Crippen molar-refractivity contribution in [2.45, 2.75) is 19.4 Å². The molecule has 0 saturated heterocycles. The van der Waals surface area contributed by atoms with E-state index >= 15 is 0 Å². The highest BCUT2D eigenvalue weighted by atomic mass is 127. The fourth-order valence-electron chi connectivity index (χ4n) is 2.14. The molecule has 0 aliphatic carbocycles. The summed E-state index contributed by atoms with van der Waals surface area (Å²) in [5.41, 5.74) is 1.83. The lowest BCUT2D eigenvalue weighted by molar-refractivity contribution is 0.0939. The predicted octanol–water partition coefficient (Wildman–Crippen LogP) is 3.73. The van der Waals surface area contributed by atoms with Crippen LogP contribution in [0.15, 0.2) is 29.0 Å². The Morgan fingerprint density at radius 2 is 2.00 bits per heavy atom. The minimum atomic E-state index is -0.104. The third-order valence-electron chi connectivity index (χ3n) is 3.22. The van der Waals surface area contributed by atoms with E-state index in [-0.39, 0.29) is 11.9 Å². The van der Waals surface area contributed by atoms with Crippen molar-refractivity contribution in [2.75, 3.05) is 14.2 Å². The maximum Gasteiger partial charge on any atom is 0.252 e. The molecule has 1 amide bonds. The van der Waals surface area contributed by atoms with E-state index < -0.39 is 0 Å². The fourth-order valence-corrected chi connectivity index (χ4v) is 3.51. The molecule has 0 aliphatic rings. The fraction of sp³-hybridized carbons (Fsp3) is 0.312. The van der Waals surface area contributed by atoms with Gasteiger partial charge in [-0.15, -0.1) is 0 Å². The lowest BCUT2D eigenvalue weighted by Crippen LogP contribution is -2.34. The summed E-state index contributed by atoms with van der Waals surface area (Å²) in [5, 5.41) is 7.17. The van der Waals surface area contributed by atoms with Gasteiger partial charge in [-0.3, -0.25) is 4.79 Å². The Labute approximate surface area is 148 Å². The third kappa shape index (κ3) is 4.13. The van der Waals surface area contributed by atoms with Crippen LogP contribution >= 0.6 is 33.9 Å². The van der Waals surface area contributed by atoms with Gasteiger partial charge in [0.05, 0.1) is 19.8 Å². The number of ether oxygens (including phenoxy) is 2. The van der Waals surface area contributed by atoms with Gasteiger partial charge in [-0.2, -0.15) is 11.3 Å². The second kappa shape index (κ2) is 7.82. The van der Waals surface area contributed by atoms with E-state index in [2.05, 4.69) is 39.4 Å². The monoisotopic (exact) mass is 431 g/mol. The molecule has 0 spiro atoms. The van der Waals surface area contributed by atoms with Gasteiger partial charge < -0.3 is 14.8 Å². The minimum Gasteiger partial charge on any atom is -0.493 e. The summed E-state index contributed by atoms with van der Waals surface area (Å²) in [7, 11) is 3.14. The maximum atomic E-state index is 12.5. The highest BCUT2D eigenvalue weighted by Crippen LogP contribution is 2.31. The van der Waals surface area contributed by atoms with E-state index in [1.54, 1.807) is 37.7 Å². The van der Waals surface area contributed by atoms with Crippen LogP contribution in [0.3, 0.4) is 0 Å². The molecule has 0 radical (unpaired) electrons. The molecular formula is C16H18INO3S. The van der Waals surface area contributed by atoms with Gasteiger partial charge >= 0.3 is 0 Å². The van der Waals surface area contributed by atoms with Gasteiger partial charge in [0.2, 0.25) is 0 Å². The number of carbonyl (C=O) groups excluding carboxylic acids is 1. The van der Waals surface area contributed by atoms with Crippen molar-refractivity contribution in [1.29, 1.82) is 0 Å². The zero-order valence-corrected chi connectivity index (χ0v) is 15.7. The van der Waals surface area contributed by atoms with E-state index in [0.29, 0.717) is 17.1 Å². The quantitative estimate of drug-likeness (QED) is 0.710. The Bertz CT molecular complexity index is 643. The van der Waals surface area contributed by atoms with Crippen molar-refractivity contribution in [3.8, 4) is 11.5 Å². The molecule has 1 unspecified atom stereocenters. The van der Waals surface area contributed by atoms with Crippen LogP contribution in [0, 0.1) is 3.57 Å². The summed E-state index contributed by atoms with van der Waals surface area (Å²) in [6.07, 6.45) is 0.819. The summed E-state index contributed by atoms with van der Waals surface area (Å²) in [6.45, 7) is 2.00. The first-order valence-electron chi connectivity index (χ1n) is 6.78. The number of nitrogens with one attached hydrogen (secondary N) is 1. The van der Waals surface area contributed by atoms with E-state index in [1.165, 1.54) is 5.56 Å². The zero-order valence-electron chi connectivity index (χ0n) is 12.7. The van der Waals surface area contributed by atoms with Crippen molar-refractivity contribution in [3.05, 3.63) is 43.7 Å². The van der Waals surface area contributed by atoms with Crippen molar-refractivity contribution in [3.63, 3.8) is 0 Å². The molecule has 1 heterocycles. The molecule has 4 nitrogen and oxygen atoms in total. The molecule has 1 aromatic heterocycles. The number of hydrogen-bond donors (Lipinski definition) is 1. The molecule has 1 aromatic carbocycles. The SMILES string of the molecule is COc1cc(I)c(C(=O)NC(C)Cc2ccsc2)cc1OC. The van der Waals surface area contributed by atoms with Crippen molar-refractivity contribution >= 4 is 39.8 Å². The molecule has 1 N–H and O–H groups in total. The predicted molar refractivity (Wildman–Crippen MR) is 97.2 cm³/mol.